The number of aryl methyl sites for hydroxylation is 1. The normalized spacial score (nSPS) is 11.5. The van der Waals surface area contributed by atoms with Gasteiger partial charge in [-0.25, -0.2) is 9.37 Å². The monoisotopic (exact) mass is 467 g/mol. The minimum Gasteiger partial charge on any atom is -0.386 e. The predicted molar refractivity (Wildman–Crippen MR) is 123 cm³/mol. The number of halogens is 1. The number of nitrogens with one attached hydrogen (secondary N) is 1. The number of hydrogen-bond acceptors (Lipinski definition) is 8. The van der Waals surface area contributed by atoms with E-state index in [1.54, 1.807) is 45.2 Å². The summed E-state index contributed by atoms with van der Waals surface area (Å²) in [4.78, 5) is 18.5. The number of carbonyl (C=O) groups excluding carboxylic acids is 1. The molecule has 0 radical (unpaired) electrons. The summed E-state index contributed by atoms with van der Waals surface area (Å²) in [5, 5.41) is 25.6. The van der Waals surface area contributed by atoms with E-state index >= 15 is 0 Å². The van der Waals surface area contributed by atoms with Crippen LogP contribution in [-0.2, 0) is 19.1 Å². The van der Waals surface area contributed by atoms with Crippen LogP contribution in [0.15, 0.2) is 42.5 Å². The Bertz CT molecular complexity index is 1330. The number of benzene rings is 1. The third-order valence-corrected chi connectivity index (χ3v) is 5.96. The third kappa shape index (κ3) is 5.04. The van der Waals surface area contributed by atoms with Gasteiger partial charge in [-0.05, 0) is 48.9 Å². The van der Waals surface area contributed by atoms with E-state index in [-0.39, 0.29) is 5.56 Å². The fourth-order valence-corrected chi connectivity index (χ4v) is 4.31. The second-order valence-corrected chi connectivity index (χ2v) is 9.03. The smallest absolute Gasteiger partial charge is 0.251 e. The first-order valence-corrected chi connectivity index (χ1v) is 10.8. The SMILES string of the molecule is Cn1nnc(Cc2cccc(Nc3sc(-c4ccc(C(C)(C)O)cc4F)cc3C(N)=O)n2)n1. The molecule has 33 heavy (non-hydrogen) atoms. The molecule has 0 saturated heterocycles. The standard InChI is InChI=1S/C22H22FN7O2S/c1-22(2,32)12-7-8-14(16(23)9-12)17-11-15(20(24)31)21(33-17)26-18-6-4-5-13(25-18)10-19-27-29-30(3)28-19/h4-9,11,32H,10H2,1-3H3,(H2,24,31)(H,25,26). The van der Waals surface area contributed by atoms with Crippen LogP contribution in [0, 0.1) is 5.82 Å². The number of aromatic nitrogens is 5. The first-order chi connectivity index (χ1) is 15.6. The Morgan fingerprint density at radius 3 is 2.70 bits per heavy atom. The summed E-state index contributed by atoms with van der Waals surface area (Å²) in [6, 6.07) is 11.5. The van der Waals surface area contributed by atoms with Gasteiger partial charge in [-0.2, -0.15) is 4.80 Å². The lowest BCUT2D eigenvalue weighted by Gasteiger charge is -2.18. The number of thiophene rings is 1. The molecule has 0 atom stereocenters. The van der Waals surface area contributed by atoms with Crippen molar-refractivity contribution in [2.24, 2.45) is 12.8 Å². The first-order valence-electron chi connectivity index (χ1n) is 10.0. The number of rotatable bonds is 7. The Morgan fingerprint density at radius 1 is 1.27 bits per heavy atom. The number of anilines is 2. The Labute approximate surface area is 193 Å². The second-order valence-electron chi connectivity index (χ2n) is 7.98. The number of nitrogens with two attached hydrogens (primary N) is 1. The minimum absolute atomic E-state index is 0.226. The van der Waals surface area contributed by atoms with E-state index in [2.05, 4.69) is 25.7 Å². The summed E-state index contributed by atoms with van der Waals surface area (Å²) in [6.45, 7) is 3.17. The average molecular weight is 468 g/mol. The molecule has 0 aliphatic rings. The molecule has 0 spiro atoms. The molecule has 170 valence electrons. The second kappa shape index (κ2) is 8.68. The van der Waals surface area contributed by atoms with Crippen LogP contribution < -0.4 is 11.1 Å². The van der Waals surface area contributed by atoms with Crippen molar-refractivity contribution in [1.82, 2.24) is 25.2 Å². The molecule has 0 saturated carbocycles. The van der Waals surface area contributed by atoms with Crippen LogP contribution in [-0.4, -0.2) is 36.2 Å². The quantitative estimate of drug-likeness (QED) is 0.380. The molecule has 9 nitrogen and oxygen atoms in total. The van der Waals surface area contributed by atoms with E-state index in [9.17, 15) is 14.3 Å². The van der Waals surface area contributed by atoms with Crippen LogP contribution in [0.5, 0.6) is 0 Å². The van der Waals surface area contributed by atoms with Gasteiger partial charge in [-0.3, -0.25) is 4.79 Å². The van der Waals surface area contributed by atoms with Gasteiger partial charge in [-0.15, -0.1) is 21.5 Å². The highest BCUT2D eigenvalue weighted by molar-refractivity contribution is 7.19. The van der Waals surface area contributed by atoms with Gasteiger partial charge in [0.05, 0.1) is 30.3 Å². The van der Waals surface area contributed by atoms with Gasteiger partial charge in [0.2, 0.25) is 0 Å². The first kappa shape index (κ1) is 22.5. The molecule has 4 rings (SSSR count). The molecule has 11 heteroatoms. The fourth-order valence-electron chi connectivity index (χ4n) is 3.22. The largest absolute Gasteiger partial charge is 0.386 e. The van der Waals surface area contributed by atoms with Gasteiger partial charge >= 0.3 is 0 Å². The zero-order chi connectivity index (χ0) is 23.8. The zero-order valence-corrected chi connectivity index (χ0v) is 19.0. The van der Waals surface area contributed by atoms with Crippen molar-refractivity contribution in [3.05, 3.63) is 70.9 Å². The molecule has 0 unspecified atom stereocenters. The molecule has 0 aliphatic heterocycles. The van der Waals surface area contributed by atoms with E-state index in [0.29, 0.717) is 44.8 Å². The molecule has 3 aromatic heterocycles. The number of hydrogen-bond donors (Lipinski definition) is 3. The van der Waals surface area contributed by atoms with Crippen molar-refractivity contribution in [3.63, 3.8) is 0 Å². The number of primary amides is 1. The van der Waals surface area contributed by atoms with Gasteiger partial charge < -0.3 is 16.2 Å². The van der Waals surface area contributed by atoms with E-state index in [1.165, 1.54) is 22.2 Å². The van der Waals surface area contributed by atoms with E-state index in [4.69, 9.17) is 5.73 Å². The maximum Gasteiger partial charge on any atom is 0.251 e. The third-order valence-electron chi connectivity index (χ3n) is 4.88. The molecule has 3 heterocycles. The molecule has 1 aromatic carbocycles. The van der Waals surface area contributed by atoms with Crippen LogP contribution in [0.4, 0.5) is 15.2 Å². The molecule has 1 amide bonds. The van der Waals surface area contributed by atoms with Crippen LogP contribution in [0.3, 0.4) is 0 Å². The zero-order valence-electron chi connectivity index (χ0n) is 18.2. The van der Waals surface area contributed by atoms with Crippen LogP contribution in [0.1, 0.15) is 41.3 Å². The lowest BCUT2D eigenvalue weighted by atomic mass is 9.96. The Morgan fingerprint density at radius 2 is 2.06 bits per heavy atom. The van der Waals surface area contributed by atoms with Crippen LogP contribution in [0.25, 0.3) is 10.4 Å². The fraction of sp³-hybridized carbons (Fsp3) is 0.227. The summed E-state index contributed by atoms with van der Waals surface area (Å²) in [7, 11) is 1.68. The van der Waals surface area contributed by atoms with Crippen LogP contribution >= 0.6 is 11.3 Å². The van der Waals surface area contributed by atoms with Gasteiger partial charge in [0, 0.05) is 10.4 Å². The number of nitrogens with zero attached hydrogens (tertiary/aromatic N) is 5. The van der Waals surface area contributed by atoms with Gasteiger partial charge in [0.25, 0.3) is 5.91 Å². The Hall–Kier alpha value is -3.70. The summed E-state index contributed by atoms with van der Waals surface area (Å²) in [5.74, 6) is -0.128. The highest BCUT2D eigenvalue weighted by atomic mass is 32.1. The number of pyridine rings is 1. The summed E-state index contributed by atoms with van der Waals surface area (Å²) in [6.07, 6.45) is 0.389. The lowest BCUT2D eigenvalue weighted by molar-refractivity contribution is 0.0782. The molecule has 4 N–H and O–H groups in total. The van der Waals surface area contributed by atoms with Gasteiger partial charge in [0.15, 0.2) is 5.82 Å². The molecule has 4 aromatic rings. The van der Waals surface area contributed by atoms with Crippen molar-refractivity contribution >= 4 is 28.1 Å². The molecular weight excluding hydrogens is 445 g/mol. The maximum atomic E-state index is 14.8. The highest BCUT2D eigenvalue weighted by Gasteiger charge is 2.21. The van der Waals surface area contributed by atoms with Crippen molar-refractivity contribution in [1.29, 1.82) is 0 Å². The molecule has 0 bridgehead atoms. The Balaban J connectivity index is 1.63. The lowest BCUT2D eigenvalue weighted by Crippen LogP contribution is -2.15. The number of aliphatic hydroxyl groups is 1. The summed E-state index contributed by atoms with van der Waals surface area (Å²) >= 11 is 1.18. The summed E-state index contributed by atoms with van der Waals surface area (Å²) in [5.41, 5.74) is 6.09. The van der Waals surface area contributed by atoms with E-state index in [0.717, 1.165) is 0 Å². The number of amides is 1. The van der Waals surface area contributed by atoms with Gasteiger partial charge in [-0.1, -0.05) is 18.2 Å². The maximum absolute atomic E-state index is 14.8. The number of carbonyl (C=O) groups is 1. The van der Waals surface area contributed by atoms with Crippen molar-refractivity contribution < 1.29 is 14.3 Å². The van der Waals surface area contributed by atoms with Crippen molar-refractivity contribution in [2.45, 2.75) is 25.9 Å². The highest BCUT2D eigenvalue weighted by Crippen LogP contribution is 2.38. The van der Waals surface area contributed by atoms with Crippen molar-refractivity contribution in [3.8, 4) is 10.4 Å². The minimum atomic E-state index is -1.17. The molecule has 0 aliphatic carbocycles. The predicted octanol–water partition coefficient (Wildman–Crippen LogP) is 3.13. The molecule has 0 fully saturated rings. The topological polar surface area (TPSA) is 132 Å². The van der Waals surface area contributed by atoms with E-state index in [1.807, 2.05) is 12.1 Å². The number of tetrazole rings is 1. The average Bonchev–Trinajstić information content (AvgIpc) is 3.33. The molecular formula is C22H22FN7O2S. The summed E-state index contributed by atoms with van der Waals surface area (Å²) < 4.78 is 14.8. The van der Waals surface area contributed by atoms with E-state index < -0.39 is 17.3 Å². The Kier molecular flexibility index (Phi) is 5.91. The van der Waals surface area contributed by atoms with Crippen LogP contribution in [0.2, 0.25) is 0 Å². The van der Waals surface area contributed by atoms with Gasteiger partial charge in [0.1, 0.15) is 16.6 Å². The van der Waals surface area contributed by atoms with Crippen molar-refractivity contribution in [2.75, 3.05) is 5.32 Å².